The quantitative estimate of drug-likeness (QED) is 0.865. The normalized spacial score (nSPS) is 18.4. The molecule has 0 bridgehead atoms. The summed E-state index contributed by atoms with van der Waals surface area (Å²) in [6.07, 6.45) is 2.31. The van der Waals surface area contributed by atoms with Crippen molar-refractivity contribution in [3.63, 3.8) is 0 Å². The number of nitrogens with one attached hydrogen (secondary N) is 1. The molecule has 0 aromatic heterocycles. The lowest BCUT2D eigenvalue weighted by atomic mass is 9.97. The molecule has 1 aromatic carbocycles. The van der Waals surface area contributed by atoms with E-state index in [2.05, 4.69) is 34.5 Å². The number of benzene rings is 1. The van der Waals surface area contributed by atoms with Crippen molar-refractivity contribution in [2.45, 2.75) is 26.3 Å². The zero-order valence-electron chi connectivity index (χ0n) is 14.1. The number of rotatable bonds is 6. The van der Waals surface area contributed by atoms with Gasteiger partial charge in [-0.15, -0.1) is 0 Å². The van der Waals surface area contributed by atoms with Crippen LogP contribution in [0.4, 0.5) is 0 Å². The van der Waals surface area contributed by atoms with Crippen molar-refractivity contribution in [3.8, 4) is 0 Å². The first kappa shape index (κ1) is 17.5. The second-order valence-electron chi connectivity index (χ2n) is 6.41. The van der Waals surface area contributed by atoms with Gasteiger partial charge in [-0.05, 0) is 30.9 Å². The van der Waals surface area contributed by atoms with Gasteiger partial charge in [0.2, 0.25) is 11.8 Å². The average molecular weight is 317 g/mol. The van der Waals surface area contributed by atoms with E-state index >= 15 is 0 Å². The Kier molecular flexibility index (Phi) is 6.59. The molecule has 2 rings (SSSR count). The molecule has 1 aliphatic rings. The monoisotopic (exact) mass is 317 g/mol. The largest absolute Gasteiger partial charge is 0.354 e. The molecular formula is C18H27N3O2. The lowest BCUT2D eigenvalue weighted by molar-refractivity contribution is -0.133. The lowest BCUT2D eigenvalue weighted by Crippen LogP contribution is -2.43. The van der Waals surface area contributed by atoms with E-state index < -0.39 is 0 Å². The van der Waals surface area contributed by atoms with Gasteiger partial charge in [0, 0.05) is 33.6 Å². The number of likely N-dealkylation sites (tertiary alicyclic amines) is 1. The van der Waals surface area contributed by atoms with E-state index in [1.165, 1.54) is 23.8 Å². The molecule has 5 nitrogen and oxygen atoms in total. The van der Waals surface area contributed by atoms with Crippen LogP contribution in [-0.4, -0.2) is 54.8 Å². The smallest absolute Gasteiger partial charge is 0.239 e. The third-order valence-corrected chi connectivity index (χ3v) is 4.36. The van der Waals surface area contributed by atoms with E-state index in [9.17, 15) is 9.59 Å². The number of hydrogen-bond acceptors (Lipinski definition) is 3. The molecule has 0 spiro atoms. The Morgan fingerprint density at radius 1 is 1.30 bits per heavy atom. The van der Waals surface area contributed by atoms with E-state index in [4.69, 9.17) is 0 Å². The summed E-state index contributed by atoms with van der Waals surface area (Å²) in [6, 6.07) is 10.5. The van der Waals surface area contributed by atoms with Crippen molar-refractivity contribution < 1.29 is 9.59 Å². The lowest BCUT2D eigenvalue weighted by Gasteiger charge is -2.33. The van der Waals surface area contributed by atoms with E-state index in [1.807, 2.05) is 6.07 Å². The van der Waals surface area contributed by atoms with E-state index in [0.717, 1.165) is 26.1 Å². The first-order valence-electron chi connectivity index (χ1n) is 8.29. The molecule has 0 aliphatic carbocycles. The molecule has 1 heterocycles. The molecule has 1 aliphatic heterocycles. The Hall–Kier alpha value is -1.88. The van der Waals surface area contributed by atoms with Gasteiger partial charge in [0.25, 0.3) is 0 Å². The molecule has 1 N–H and O–H groups in total. The van der Waals surface area contributed by atoms with Crippen molar-refractivity contribution in [3.05, 3.63) is 35.9 Å². The third-order valence-electron chi connectivity index (χ3n) is 4.36. The Balaban J connectivity index is 1.73. The molecule has 2 amide bonds. The molecule has 1 fully saturated rings. The van der Waals surface area contributed by atoms with E-state index in [1.54, 1.807) is 7.05 Å². The molecular weight excluding hydrogens is 290 g/mol. The summed E-state index contributed by atoms with van der Waals surface area (Å²) in [5, 5.41) is 2.96. The Labute approximate surface area is 138 Å². The standard InChI is InChI=1S/C18H27N3O2/c1-15(22)20(2)14-18(23)19-11-17-9-6-10-21(13-17)12-16-7-4-3-5-8-16/h3-5,7-8,17H,6,9-14H2,1-2H3,(H,19,23)/t17-/m0/s1. The van der Waals surface area contributed by atoms with Gasteiger partial charge in [-0.3, -0.25) is 14.5 Å². The molecule has 0 radical (unpaired) electrons. The van der Waals surface area contributed by atoms with Gasteiger partial charge in [-0.2, -0.15) is 0 Å². The van der Waals surface area contributed by atoms with Gasteiger partial charge >= 0.3 is 0 Å². The Bertz CT molecular complexity index is 518. The predicted octanol–water partition coefficient (Wildman–Crippen LogP) is 1.49. The number of amides is 2. The Morgan fingerprint density at radius 2 is 2.04 bits per heavy atom. The third kappa shape index (κ3) is 6.02. The van der Waals surface area contributed by atoms with Crippen molar-refractivity contribution in [2.75, 3.05) is 33.2 Å². The van der Waals surface area contributed by atoms with Gasteiger partial charge in [-0.1, -0.05) is 30.3 Å². The first-order valence-corrected chi connectivity index (χ1v) is 8.29. The van der Waals surface area contributed by atoms with Gasteiger partial charge in [0.05, 0.1) is 6.54 Å². The van der Waals surface area contributed by atoms with Crippen molar-refractivity contribution in [2.24, 2.45) is 5.92 Å². The van der Waals surface area contributed by atoms with Crippen LogP contribution < -0.4 is 5.32 Å². The summed E-state index contributed by atoms with van der Waals surface area (Å²) in [4.78, 5) is 26.9. The maximum Gasteiger partial charge on any atom is 0.239 e. The second kappa shape index (κ2) is 8.67. The summed E-state index contributed by atoms with van der Waals surface area (Å²) < 4.78 is 0. The van der Waals surface area contributed by atoms with Crippen LogP contribution >= 0.6 is 0 Å². The van der Waals surface area contributed by atoms with E-state index in [0.29, 0.717) is 12.5 Å². The molecule has 1 aromatic rings. The van der Waals surface area contributed by atoms with E-state index in [-0.39, 0.29) is 18.4 Å². The van der Waals surface area contributed by atoms with Gasteiger partial charge < -0.3 is 10.2 Å². The molecule has 23 heavy (non-hydrogen) atoms. The molecule has 0 unspecified atom stereocenters. The van der Waals surface area contributed by atoms with Gasteiger partial charge in [0.1, 0.15) is 0 Å². The topological polar surface area (TPSA) is 52.7 Å². The summed E-state index contributed by atoms with van der Waals surface area (Å²) in [7, 11) is 1.64. The van der Waals surface area contributed by atoms with Gasteiger partial charge in [0.15, 0.2) is 0 Å². The summed E-state index contributed by atoms with van der Waals surface area (Å²) in [5.74, 6) is 0.314. The van der Waals surface area contributed by atoms with Crippen molar-refractivity contribution in [1.82, 2.24) is 15.1 Å². The fourth-order valence-electron chi connectivity index (χ4n) is 2.94. The zero-order valence-corrected chi connectivity index (χ0v) is 14.1. The molecule has 1 saturated heterocycles. The fraction of sp³-hybridized carbons (Fsp3) is 0.556. The zero-order chi connectivity index (χ0) is 16.7. The minimum atomic E-state index is -0.0909. The highest BCUT2D eigenvalue weighted by atomic mass is 16.2. The SMILES string of the molecule is CC(=O)N(C)CC(=O)NC[C@@H]1CCCN(Cc2ccccc2)C1. The maximum atomic E-state index is 11.9. The summed E-state index contributed by atoms with van der Waals surface area (Å²) in [6.45, 7) is 5.39. The van der Waals surface area contributed by atoms with Crippen LogP contribution in [0.5, 0.6) is 0 Å². The first-order chi connectivity index (χ1) is 11.0. The number of carbonyl (C=O) groups excluding carboxylic acids is 2. The van der Waals surface area contributed by atoms with Crippen LogP contribution in [0, 0.1) is 5.92 Å². The second-order valence-corrected chi connectivity index (χ2v) is 6.41. The fourth-order valence-corrected chi connectivity index (χ4v) is 2.94. The Morgan fingerprint density at radius 3 is 2.74 bits per heavy atom. The molecule has 5 heteroatoms. The summed E-state index contributed by atoms with van der Waals surface area (Å²) >= 11 is 0. The molecule has 126 valence electrons. The number of nitrogens with zero attached hydrogens (tertiary/aromatic N) is 2. The van der Waals surface area contributed by atoms with Crippen molar-refractivity contribution in [1.29, 1.82) is 0 Å². The molecule has 0 saturated carbocycles. The van der Waals surface area contributed by atoms with Crippen molar-refractivity contribution >= 4 is 11.8 Å². The van der Waals surface area contributed by atoms with Gasteiger partial charge in [-0.25, -0.2) is 0 Å². The average Bonchev–Trinajstić information content (AvgIpc) is 2.54. The van der Waals surface area contributed by atoms with Crippen LogP contribution in [-0.2, 0) is 16.1 Å². The minimum Gasteiger partial charge on any atom is -0.354 e. The highest BCUT2D eigenvalue weighted by Crippen LogP contribution is 2.18. The highest BCUT2D eigenvalue weighted by Gasteiger charge is 2.20. The predicted molar refractivity (Wildman–Crippen MR) is 90.8 cm³/mol. The maximum absolute atomic E-state index is 11.9. The number of piperidine rings is 1. The number of likely N-dealkylation sites (N-methyl/N-ethyl adjacent to an activating group) is 1. The minimum absolute atomic E-state index is 0.0807. The van der Waals surface area contributed by atoms with Crippen LogP contribution in [0.25, 0.3) is 0 Å². The number of carbonyl (C=O) groups is 2. The summed E-state index contributed by atoms with van der Waals surface area (Å²) in [5.41, 5.74) is 1.33. The van der Waals surface area contributed by atoms with Crippen LogP contribution in [0.1, 0.15) is 25.3 Å². The number of hydrogen-bond donors (Lipinski definition) is 1. The van der Waals surface area contributed by atoms with Crippen LogP contribution in [0.3, 0.4) is 0 Å². The molecule has 1 atom stereocenters. The highest BCUT2D eigenvalue weighted by molar-refractivity contribution is 5.83. The van der Waals surface area contributed by atoms with Crippen LogP contribution in [0.15, 0.2) is 30.3 Å². The van der Waals surface area contributed by atoms with Crippen LogP contribution in [0.2, 0.25) is 0 Å².